The van der Waals surface area contributed by atoms with Crippen molar-refractivity contribution in [1.82, 2.24) is 4.90 Å². The number of rotatable bonds is 8. The number of hydrogen-bond acceptors (Lipinski definition) is 2. The van der Waals surface area contributed by atoms with Gasteiger partial charge in [-0.1, -0.05) is 45.4 Å². The van der Waals surface area contributed by atoms with Gasteiger partial charge in [0.1, 0.15) is 0 Å². The van der Waals surface area contributed by atoms with E-state index in [1.165, 1.54) is 24.0 Å². The van der Waals surface area contributed by atoms with E-state index in [4.69, 9.17) is 5.73 Å². The van der Waals surface area contributed by atoms with E-state index in [1.807, 2.05) is 6.07 Å². The molecule has 0 aromatic heterocycles. The van der Waals surface area contributed by atoms with Crippen molar-refractivity contribution in [3.05, 3.63) is 29.3 Å². The van der Waals surface area contributed by atoms with E-state index in [0.29, 0.717) is 0 Å². The van der Waals surface area contributed by atoms with Gasteiger partial charge in [-0.2, -0.15) is 0 Å². The van der Waals surface area contributed by atoms with Crippen LogP contribution in [0.5, 0.6) is 0 Å². The van der Waals surface area contributed by atoms with Crippen LogP contribution >= 0.6 is 0 Å². The number of anilines is 1. The van der Waals surface area contributed by atoms with Crippen LogP contribution in [0.25, 0.3) is 0 Å². The minimum absolute atomic E-state index is 0.756. The van der Waals surface area contributed by atoms with Crippen LogP contribution < -0.4 is 5.73 Å². The summed E-state index contributed by atoms with van der Waals surface area (Å²) in [5.74, 6) is 1.51. The molecule has 0 aliphatic heterocycles. The summed E-state index contributed by atoms with van der Waals surface area (Å²) in [4.78, 5) is 2.56. The predicted octanol–water partition coefficient (Wildman–Crippen LogP) is 4.47. The summed E-state index contributed by atoms with van der Waals surface area (Å²) in [7, 11) is 0. The maximum Gasteiger partial charge on any atom is 0.0359 e. The second-order valence-electron chi connectivity index (χ2n) is 6.84. The standard InChI is InChI=1S/C18H32N2/c1-14(2)8-10-20(11-9-15(3)4)13-17-12-16(5)6-7-18(17)19/h6-7,12,14-15H,8-11,13,19H2,1-5H3. The third-order valence-electron chi connectivity index (χ3n) is 3.74. The molecule has 0 fully saturated rings. The Morgan fingerprint density at radius 1 is 1.00 bits per heavy atom. The lowest BCUT2D eigenvalue weighted by molar-refractivity contribution is 0.236. The van der Waals surface area contributed by atoms with Gasteiger partial charge >= 0.3 is 0 Å². The maximum atomic E-state index is 6.12. The van der Waals surface area contributed by atoms with Crippen LogP contribution in [0, 0.1) is 18.8 Å². The Kier molecular flexibility index (Phi) is 7.08. The second kappa shape index (κ2) is 8.31. The van der Waals surface area contributed by atoms with E-state index in [9.17, 15) is 0 Å². The number of hydrogen-bond donors (Lipinski definition) is 1. The number of aryl methyl sites for hydroxylation is 1. The smallest absolute Gasteiger partial charge is 0.0359 e. The molecular formula is C18H32N2. The Morgan fingerprint density at radius 2 is 1.55 bits per heavy atom. The minimum Gasteiger partial charge on any atom is -0.398 e. The molecule has 0 amide bonds. The fourth-order valence-corrected chi connectivity index (χ4v) is 2.26. The van der Waals surface area contributed by atoms with Gasteiger partial charge in [-0.25, -0.2) is 0 Å². The van der Waals surface area contributed by atoms with Crippen molar-refractivity contribution in [3.8, 4) is 0 Å². The van der Waals surface area contributed by atoms with Gasteiger partial charge in [0, 0.05) is 12.2 Å². The molecular weight excluding hydrogens is 244 g/mol. The summed E-state index contributed by atoms with van der Waals surface area (Å²) in [6, 6.07) is 6.35. The van der Waals surface area contributed by atoms with E-state index >= 15 is 0 Å². The lowest BCUT2D eigenvalue weighted by Crippen LogP contribution is -2.27. The molecule has 114 valence electrons. The van der Waals surface area contributed by atoms with Crippen LogP contribution in [0.1, 0.15) is 51.7 Å². The summed E-state index contributed by atoms with van der Waals surface area (Å²) in [6.45, 7) is 14.6. The Morgan fingerprint density at radius 3 is 2.05 bits per heavy atom. The van der Waals surface area contributed by atoms with Crippen LogP contribution in [-0.4, -0.2) is 18.0 Å². The lowest BCUT2D eigenvalue weighted by atomic mass is 10.1. The summed E-state index contributed by atoms with van der Waals surface area (Å²) in [5, 5.41) is 0. The van der Waals surface area contributed by atoms with Gasteiger partial charge in [-0.3, -0.25) is 4.90 Å². The average molecular weight is 276 g/mol. The Bertz CT molecular complexity index is 384. The second-order valence-corrected chi connectivity index (χ2v) is 6.84. The first-order valence-electron chi connectivity index (χ1n) is 7.95. The zero-order valence-electron chi connectivity index (χ0n) is 13.9. The maximum absolute atomic E-state index is 6.12. The van der Waals surface area contributed by atoms with Gasteiger partial charge < -0.3 is 5.73 Å². The first-order valence-corrected chi connectivity index (χ1v) is 7.95. The monoisotopic (exact) mass is 276 g/mol. The Hall–Kier alpha value is -1.02. The highest BCUT2D eigenvalue weighted by atomic mass is 15.1. The molecule has 0 aliphatic rings. The molecule has 20 heavy (non-hydrogen) atoms. The zero-order valence-corrected chi connectivity index (χ0v) is 13.9. The van der Waals surface area contributed by atoms with Crippen molar-refractivity contribution in [2.24, 2.45) is 11.8 Å². The van der Waals surface area contributed by atoms with Gasteiger partial charge in [0.15, 0.2) is 0 Å². The molecule has 1 rings (SSSR count). The number of nitrogens with zero attached hydrogens (tertiary/aromatic N) is 1. The summed E-state index contributed by atoms with van der Waals surface area (Å²) < 4.78 is 0. The number of nitrogens with two attached hydrogens (primary N) is 1. The Balaban J connectivity index is 2.68. The van der Waals surface area contributed by atoms with E-state index in [2.05, 4.69) is 51.7 Å². The van der Waals surface area contributed by atoms with Gasteiger partial charge in [0.25, 0.3) is 0 Å². The molecule has 0 radical (unpaired) electrons. The van der Waals surface area contributed by atoms with Crippen molar-refractivity contribution in [2.75, 3.05) is 18.8 Å². The van der Waals surface area contributed by atoms with E-state index in [1.54, 1.807) is 0 Å². The van der Waals surface area contributed by atoms with Crippen molar-refractivity contribution in [1.29, 1.82) is 0 Å². The number of nitrogen functional groups attached to an aromatic ring is 1. The molecule has 2 N–H and O–H groups in total. The molecule has 1 aromatic rings. The highest BCUT2D eigenvalue weighted by Gasteiger charge is 2.10. The van der Waals surface area contributed by atoms with Crippen molar-refractivity contribution in [3.63, 3.8) is 0 Å². The van der Waals surface area contributed by atoms with Crippen molar-refractivity contribution in [2.45, 2.75) is 54.0 Å². The zero-order chi connectivity index (χ0) is 15.1. The van der Waals surface area contributed by atoms with Crippen LogP contribution in [0.15, 0.2) is 18.2 Å². The molecule has 0 bridgehead atoms. The molecule has 2 nitrogen and oxygen atoms in total. The number of benzene rings is 1. The first-order chi connectivity index (χ1) is 9.38. The quantitative estimate of drug-likeness (QED) is 0.710. The molecule has 0 saturated carbocycles. The van der Waals surface area contributed by atoms with Gasteiger partial charge in [-0.15, -0.1) is 0 Å². The SMILES string of the molecule is Cc1ccc(N)c(CN(CCC(C)C)CCC(C)C)c1. The van der Waals surface area contributed by atoms with Crippen LogP contribution in [0.3, 0.4) is 0 Å². The average Bonchev–Trinajstić information content (AvgIpc) is 2.36. The van der Waals surface area contributed by atoms with Gasteiger partial charge in [-0.05, 0) is 56.3 Å². The topological polar surface area (TPSA) is 29.3 Å². The van der Waals surface area contributed by atoms with Crippen LogP contribution in [0.4, 0.5) is 5.69 Å². The van der Waals surface area contributed by atoms with Crippen LogP contribution in [-0.2, 0) is 6.54 Å². The fraction of sp³-hybridized carbons (Fsp3) is 0.667. The van der Waals surface area contributed by atoms with E-state index in [0.717, 1.165) is 37.2 Å². The summed E-state index contributed by atoms with van der Waals surface area (Å²) >= 11 is 0. The fourth-order valence-electron chi connectivity index (χ4n) is 2.26. The van der Waals surface area contributed by atoms with Crippen molar-refractivity contribution >= 4 is 5.69 Å². The molecule has 0 aliphatic carbocycles. The van der Waals surface area contributed by atoms with Crippen LogP contribution in [0.2, 0.25) is 0 Å². The summed E-state index contributed by atoms with van der Waals surface area (Å²) in [5.41, 5.74) is 9.62. The predicted molar refractivity (Wildman–Crippen MR) is 89.8 cm³/mol. The third kappa shape index (κ3) is 6.42. The lowest BCUT2D eigenvalue weighted by Gasteiger charge is -2.25. The molecule has 0 heterocycles. The Labute approximate surface area is 125 Å². The largest absolute Gasteiger partial charge is 0.398 e. The first kappa shape index (κ1) is 17.0. The molecule has 0 saturated heterocycles. The molecule has 0 unspecified atom stereocenters. The minimum atomic E-state index is 0.756. The van der Waals surface area contributed by atoms with E-state index < -0.39 is 0 Å². The third-order valence-corrected chi connectivity index (χ3v) is 3.74. The molecule has 0 spiro atoms. The highest BCUT2D eigenvalue weighted by Crippen LogP contribution is 2.17. The molecule has 0 atom stereocenters. The van der Waals surface area contributed by atoms with Gasteiger partial charge in [0.2, 0.25) is 0 Å². The summed E-state index contributed by atoms with van der Waals surface area (Å²) in [6.07, 6.45) is 2.51. The van der Waals surface area contributed by atoms with E-state index in [-0.39, 0.29) is 0 Å². The van der Waals surface area contributed by atoms with Gasteiger partial charge in [0.05, 0.1) is 0 Å². The van der Waals surface area contributed by atoms with Crippen molar-refractivity contribution < 1.29 is 0 Å². The molecule has 1 aromatic carbocycles. The highest BCUT2D eigenvalue weighted by molar-refractivity contribution is 5.48. The normalized spacial score (nSPS) is 11.8. The molecule has 2 heteroatoms.